The smallest absolute Gasteiger partial charge is 0.294 e. The third-order valence-electron chi connectivity index (χ3n) is 4.91. The quantitative estimate of drug-likeness (QED) is 0.463. The Hall–Kier alpha value is -4.13. The van der Waals surface area contributed by atoms with Gasteiger partial charge >= 0.3 is 0 Å². The number of nitrogens with one attached hydrogen (secondary N) is 2. The molecule has 31 heavy (non-hydrogen) atoms. The highest BCUT2D eigenvalue weighted by molar-refractivity contribution is 6.01. The SMILES string of the molecule is CC(=O)c1ccc(-c2ccnc(NC(=O)c3nnc(Cc4ccccc4)[nH]3)c2)c(C)c1. The van der Waals surface area contributed by atoms with Crippen molar-refractivity contribution in [3.63, 3.8) is 0 Å². The van der Waals surface area contributed by atoms with Crippen LogP contribution in [-0.2, 0) is 6.42 Å². The lowest BCUT2D eigenvalue weighted by Crippen LogP contribution is -2.14. The summed E-state index contributed by atoms with van der Waals surface area (Å²) in [5.41, 5.74) is 4.57. The van der Waals surface area contributed by atoms with Gasteiger partial charge in [0.15, 0.2) is 5.78 Å². The number of pyridine rings is 1. The zero-order valence-electron chi connectivity index (χ0n) is 17.2. The molecule has 2 heterocycles. The number of ketones is 1. The molecule has 0 fully saturated rings. The number of rotatable bonds is 6. The van der Waals surface area contributed by atoms with Crippen LogP contribution in [0.5, 0.6) is 0 Å². The number of anilines is 1. The van der Waals surface area contributed by atoms with E-state index in [4.69, 9.17) is 0 Å². The molecule has 0 unspecified atom stereocenters. The number of nitrogens with zero attached hydrogens (tertiary/aromatic N) is 3. The van der Waals surface area contributed by atoms with E-state index in [1.54, 1.807) is 25.3 Å². The number of Topliss-reactive ketones (excluding diaryl/α,β-unsaturated/α-hetero) is 1. The molecule has 0 aliphatic rings. The van der Waals surface area contributed by atoms with Crippen molar-refractivity contribution in [2.24, 2.45) is 0 Å². The molecule has 7 nitrogen and oxygen atoms in total. The maximum Gasteiger partial charge on any atom is 0.294 e. The normalized spacial score (nSPS) is 10.6. The first kappa shape index (κ1) is 20.2. The van der Waals surface area contributed by atoms with Gasteiger partial charge in [0.1, 0.15) is 11.6 Å². The van der Waals surface area contributed by atoms with E-state index in [1.807, 2.05) is 55.5 Å². The van der Waals surface area contributed by atoms with E-state index in [2.05, 4.69) is 25.5 Å². The molecule has 0 spiro atoms. The largest absolute Gasteiger partial charge is 0.321 e. The second-order valence-corrected chi connectivity index (χ2v) is 7.25. The lowest BCUT2D eigenvalue weighted by molar-refractivity contribution is 0.100. The van der Waals surface area contributed by atoms with Gasteiger partial charge in [0.2, 0.25) is 5.82 Å². The molecule has 0 atom stereocenters. The Balaban J connectivity index is 1.49. The van der Waals surface area contributed by atoms with Crippen LogP contribution in [0.1, 0.15) is 44.9 Å². The standard InChI is InChI=1S/C24H21N5O2/c1-15-12-18(16(2)30)8-9-20(15)19-10-11-25-21(14-19)27-24(31)23-26-22(28-29-23)13-17-6-4-3-5-7-17/h3-12,14H,13H2,1-2H3,(H,25,27,31)(H,26,28,29). The minimum atomic E-state index is -0.417. The Labute approximate surface area is 179 Å². The number of carbonyl (C=O) groups excluding carboxylic acids is 2. The predicted octanol–water partition coefficient (Wildman–Crippen LogP) is 4.22. The Bertz CT molecular complexity index is 1250. The minimum absolute atomic E-state index is 0.0241. The average molecular weight is 411 g/mol. The van der Waals surface area contributed by atoms with E-state index in [-0.39, 0.29) is 11.6 Å². The van der Waals surface area contributed by atoms with Gasteiger partial charge in [0.25, 0.3) is 5.91 Å². The van der Waals surface area contributed by atoms with E-state index in [9.17, 15) is 9.59 Å². The zero-order valence-corrected chi connectivity index (χ0v) is 17.2. The number of carbonyl (C=O) groups is 2. The summed E-state index contributed by atoms with van der Waals surface area (Å²) in [6.45, 7) is 3.49. The Kier molecular flexibility index (Phi) is 5.66. The molecule has 2 N–H and O–H groups in total. The highest BCUT2D eigenvalue weighted by atomic mass is 16.2. The van der Waals surface area contributed by atoms with E-state index in [0.717, 1.165) is 22.3 Å². The van der Waals surface area contributed by atoms with Crippen molar-refractivity contribution in [1.82, 2.24) is 20.2 Å². The number of hydrogen-bond donors (Lipinski definition) is 2. The van der Waals surface area contributed by atoms with Crippen LogP contribution in [0.15, 0.2) is 66.9 Å². The summed E-state index contributed by atoms with van der Waals surface area (Å²) in [5.74, 6) is 0.744. The maximum absolute atomic E-state index is 12.6. The number of amides is 1. The molecule has 0 bridgehead atoms. The van der Waals surface area contributed by atoms with Crippen molar-refractivity contribution < 1.29 is 9.59 Å². The number of hydrogen-bond acceptors (Lipinski definition) is 5. The minimum Gasteiger partial charge on any atom is -0.321 e. The van der Waals surface area contributed by atoms with Crippen molar-refractivity contribution in [2.45, 2.75) is 20.3 Å². The van der Waals surface area contributed by atoms with Crippen molar-refractivity contribution in [3.05, 3.63) is 95.2 Å². The average Bonchev–Trinajstić information content (AvgIpc) is 3.23. The van der Waals surface area contributed by atoms with Crippen molar-refractivity contribution >= 4 is 17.5 Å². The monoisotopic (exact) mass is 411 g/mol. The fraction of sp³-hybridized carbons (Fsp3) is 0.125. The summed E-state index contributed by atoms with van der Waals surface area (Å²) >= 11 is 0. The topological polar surface area (TPSA) is 101 Å². The van der Waals surface area contributed by atoms with Gasteiger partial charge < -0.3 is 10.3 Å². The molecule has 7 heteroatoms. The van der Waals surface area contributed by atoms with Crippen LogP contribution in [0, 0.1) is 6.92 Å². The molecular weight excluding hydrogens is 390 g/mol. The molecule has 2 aromatic carbocycles. The molecule has 1 amide bonds. The second-order valence-electron chi connectivity index (χ2n) is 7.25. The molecule has 4 aromatic rings. The van der Waals surface area contributed by atoms with Crippen LogP contribution in [0.2, 0.25) is 0 Å². The summed E-state index contributed by atoms with van der Waals surface area (Å²) < 4.78 is 0. The molecular formula is C24H21N5O2. The molecule has 154 valence electrons. The van der Waals surface area contributed by atoms with Crippen molar-refractivity contribution in [1.29, 1.82) is 0 Å². The molecule has 0 radical (unpaired) electrons. The fourth-order valence-electron chi connectivity index (χ4n) is 3.32. The van der Waals surface area contributed by atoms with E-state index >= 15 is 0 Å². The van der Waals surface area contributed by atoms with Crippen molar-refractivity contribution in [3.8, 4) is 11.1 Å². The van der Waals surface area contributed by atoms with Crippen molar-refractivity contribution in [2.75, 3.05) is 5.32 Å². The number of benzene rings is 2. The van der Waals surface area contributed by atoms with Gasteiger partial charge in [-0.2, -0.15) is 0 Å². The van der Waals surface area contributed by atoms with Crippen LogP contribution >= 0.6 is 0 Å². The van der Waals surface area contributed by atoms with Crippen LogP contribution in [0.25, 0.3) is 11.1 Å². The molecule has 0 aliphatic carbocycles. The zero-order chi connectivity index (χ0) is 21.8. The van der Waals surface area contributed by atoms with Crippen LogP contribution in [0.4, 0.5) is 5.82 Å². The third-order valence-corrected chi connectivity index (χ3v) is 4.91. The number of aryl methyl sites for hydroxylation is 1. The summed E-state index contributed by atoms with van der Waals surface area (Å²) in [5, 5.41) is 10.8. The lowest BCUT2D eigenvalue weighted by Gasteiger charge is -2.09. The first-order chi connectivity index (χ1) is 15.0. The lowest BCUT2D eigenvalue weighted by atomic mass is 9.98. The Morgan fingerprint density at radius 3 is 2.55 bits per heavy atom. The van der Waals surface area contributed by atoms with Gasteiger partial charge in [-0.25, -0.2) is 4.98 Å². The van der Waals surface area contributed by atoms with Gasteiger partial charge in [-0.15, -0.1) is 10.2 Å². The fourth-order valence-corrected chi connectivity index (χ4v) is 3.32. The van der Waals surface area contributed by atoms with E-state index in [0.29, 0.717) is 23.6 Å². The van der Waals surface area contributed by atoms with E-state index < -0.39 is 5.91 Å². The summed E-state index contributed by atoms with van der Waals surface area (Å²) in [6.07, 6.45) is 2.19. The highest BCUT2D eigenvalue weighted by Gasteiger charge is 2.14. The second kappa shape index (κ2) is 8.71. The van der Waals surface area contributed by atoms with Crippen LogP contribution in [0.3, 0.4) is 0 Å². The molecule has 0 saturated heterocycles. The molecule has 2 aromatic heterocycles. The first-order valence-corrected chi connectivity index (χ1v) is 9.84. The summed E-state index contributed by atoms with van der Waals surface area (Å²) in [7, 11) is 0. The highest BCUT2D eigenvalue weighted by Crippen LogP contribution is 2.26. The maximum atomic E-state index is 12.6. The first-order valence-electron chi connectivity index (χ1n) is 9.84. The number of aromatic nitrogens is 4. The van der Waals surface area contributed by atoms with Gasteiger partial charge in [0.05, 0.1) is 0 Å². The predicted molar refractivity (Wildman–Crippen MR) is 118 cm³/mol. The van der Waals surface area contributed by atoms with E-state index in [1.165, 1.54) is 0 Å². The van der Waals surface area contributed by atoms with Gasteiger partial charge in [-0.3, -0.25) is 9.59 Å². The molecule has 0 aliphatic heterocycles. The molecule has 0 saturated carbocycles. The summed E-state index contributed by atoms with van der Waals surface area (Å²) in [6, 6.07) is 19.0. The summed E-state index contributed by atoms with van der Waals surface area (Å²) in [4.78, 5) is 31.4. The van der Waals surface area contributed by atoms with Gasteiger partial charge in [-0.1, -0.05) is 42.5 Å². The Morgan fingerprint density at radius 1 is 1.00 bits per heavy atom. The van der Waals surface area contributed by atoms with Crippen LogP contribution in [-0.4, -0.2) is 31.9 Å². The number of aromatic amines is 1. The van der Waals surface area contributed by atoms with Gasteiger partial charge in [0, 0.05) is 18.2 Å². The Morgan fingerprint density at radius 2 is 1.81 bits per heavy atom. The number of H-pyrrole nitrogens is 1. The third kappa shape index (κ3) is 4.72. The molecule has 4 rings (SSSR count). The van der Waals surface area contributed by atoms with Crippen LogP contribution < -0.4 is 5.32 Å². The van der Waals surface area contributed by atoms with Gasteiger partial charge in [-0.05, 0) is 54.3 Å².